The summed E-state index contributed by atoms with van der Waals surface area (Å²) in [5, 5.41) is 8.92. The molecule has 5 nitrogen and oxygen atoms in total. The van der Waals surface area contributed by atoms with Crippen LogP contribution in [0.4, 0.5) is 11.4 Å². The van der Waals surface area contributed by atoms with Crippen LogP contribution in [0.3, 0.4) is 0 Å². The van der Waals surface area contributed by atoms with E-state index in [4.69, 9.17) is 12.2 Å². The van der Waals surface area contributed by atoms with E-state index in [1.807, 2.05) is 85.8 Å². The van der Waals surface area contributed by atoms with Crippen molar-refractivity contribution in [3.05, 3.63) is 96.1 Å². The van der Waals surface area contributed by atoms with Crippen LogP contribution in [0.5, 0.6) is 0 Å². The highest BCUT2D eigenvalue weighted by Crippen LogP contribution is 2.25. The third-order valence-corrected chi connectivity index (χ3v) is 5.13. The summed E-state index contributed by atoms with van der Waals surface area (Å²) in [6.45, 7) is 2.05. The lowest BCUT2D eigenvalue weighted by Crippen LogP contribution is -2.37. The van der Waals surface area contributed by atoms with Gasteiger partial charge >= 0.3 is 0 Å². The van der Waals surface area contributed by atoms with Crippen molar-refractivity contribution in [1.82, 2.24) is 5.32 Å². The average Bonchev–Trinajstić information content (AvgIpc) is 2.79. The first-order valence-corrected chi connectivity index (χ1v) is 11.1. The molecule has 6 heteroatoms. The van der Waals surface area contributed by atoms with Crippen molar-refractivity contribution in [2.75, 3.05) is 10.6 Å². The van der Waals surface area contributed by atoms with E-state index in [0.29, 0.717) is 17.8 Å². The highest BCUT2D eigenvalue weighted by Gasteiger charge is 2.23. The standard InChI is InChI=1S/C26H27N3O2S/c1-2-3-17-23(30)27-21-15-10-16-22(18-21)28-26(32)29-25(31)24(19-11-6-4-7-12-19)20-13-8-5-9-14-20/h4-16,18,24H,2-3,17H2,1H3,(H,27,30)(H2,28,29,31,32). The first-order chi connectivity index (χ1) is 15.6. The summed E-state index contributed by atoms with van der Waals surface area (Å²) in [7, 11) is 0. The first-order valence-electron chi connectivity index (χ1n) is 10.7. The van der Waals surface area contributed by atoms with Gasteiger partial charge in [-0.15, -0.1) is 0 Å². The lowest BCUT2D eigenvalue weighted by atomic mass is 9.90. The zero-order valence-electron chi connectivity index (χ0n) is 18.0. The number of rotatable bonds is 8. The fraction of sp³-hybridized carbons (Fsp3) is 0.192. The molecule has 0 saturated carbocycles. The van der Waals surface area contributed by atoms with E-state index in [1.165, 1.54) is 0 Å². The van der Waals surface area contributed by atoms with Gasteiger partial charge in [0.25, 0.3) is 0 Å². The monoisotopic (exact) mass is 445 g/mol. The molecule has 164 valence electrons. The lowest BCUT2D eigenvalue weighted by Gasteiger charge is -2.19. The average molecular weight is 446 g/mol. The quantitative estimate of drug-likeness (QED) is 0.403. The minimum absolute atomic E-state index is 0.0200. The normalized spacial score (nSPS) is 10.4. The molecule has 0 bridgehead atoms. The van der Waals surface area contributed by atoms with Crippen molar-refractivity contribution in [1.29, 1.82) is 0 Å². The smallest absolute Gasteiger partial charge is 0.238 e. The molecular formula is C26H27N3O2S. The number of benzene rings is 3. The van der Waals surface area contributed by atoms with Gasteiger partial charge < -0.3 is 16.0 Å². The molecule has 0 heterocycles. The van der Waals surface area contributed by atoms with Crippen molar-refractivity contribution in [3.63, 3.8) is 0 Å². The highest BCUT2D eigenvalue weighted by atomic mass is 32.1. The van der Waals surface area contributed by atoms with E-state index in [-0.39, 0.29) is 16.9 Å². The fourth-order valence-electron chi connectivity index (χ4n) is 3.37. The molecule has 0 aliphatic rings. The number of hydrogen-bond donors (Lipinski definition) is 3. The molecule has 0 atom stereocenters. The molecule has 0 aliphatic carbocycles. The largest absolute Gasteiger partial charge is 0.332 e. The van der Waals surface area contributed by atoms with Crippen molar-refractivity contribution in [3.8, 4) is 0 Å². The van der Waals surface area contributed by atoms with Crippen LogP contribution in [-0.4, -0.2) is 16.9 Å². The third-order valence-electron chi connectivity index (χ3n) is 4.93. The van der Waals surface area contributed by atoms with E-state index in [2.05, 4.69) is 16.0 Å². The molecule has 2 amide bonds. The summed E-state index contributed by atoms with van der Waals surface area (Å²) in [5.74, 6) is -0.723. The van der Waals surface area contributed by atoms with Crippen LogP contribution in [0, 0.1) is 0 Å². The Bertz CT molecular complexity index is 1020. The Morgan fingerprint density at radius 2 is 1.38 bits per heavy atom. The molecule has 0 spiro atoms. The van der Waals surface area contributed by atoms with Gasteiger partial charge in [0.2, 0.25) is 11.8 Å². The zero-order valence-corrected chi connectivity index (χ0v) is 18.8. The molecule has 32 heavy (non-hydrogen) atoms. The van der Waals surface area contributed by atoms with Crippen molar-refractivity contribution in [2.24, 2.45) is 0 Å². The Hall–Kier alpha value is -3.51. The number of thiocarbonyl (C=S) groups is 1. The Balaban J connectivity index is 1.67. The van der Waals surface area contributed by atoms with E-state index in [9.17, 15) is 9.59 Å². The molecule has 3 N–H and O–H groups in total. The van der Waals surface area contributed by atoms with Gasteiger partial charge in [0.1, 0.15) is 0 Å². The highest BCUT2D eigenvalue weighted by molar-refractivity contribution is 7.80. The van der Waals surface area contributed by atoms with Crippen molar-refractivity contribution >= 4 is 40.5 Å². The maximum absolute atomic E-state index is 13.2. The second kappa shape index (κ2) is 11.8. The van der Waals surface area contributed by atoms with Crippen molar-refractivity contribution < 1.29 is 9.59 Å². The van der Waals surface area contributed by atoms with Gasteiger partial charge in [0.05, 0.1) is 5.92 Å². The van der Waals surface area contributed by atoms with Crippen LogP contribution in [0.25, 0.3) is 0 Å². The van der Waals surface area contributed by atoms with E-state index < -0.39 is 5.92 Å². The second-order valence-corrected chi connectivity index (χ2v) is 7.84. The minimum atomic E-state index is -0.485. The molecule has 3 aromatic carbocycles. The number of nitrogens with one attached hydrogen (secondary N) is 3. The maximum atomic E-state index is 13.2. The van der Waals surface area contributed by atoms with Crippen LogP contribution in [0.1, 0.15) is 43.2 Å². The molecule has 0 aliphatic heterocycles. The molecule has 3 aromatic rings. The number of amides is 2. The van der Waals surface area contributed by atoms with Crippen LogP contribution in [0.2, 0.25) is 0 Å². The number of hydrogen-bond acceptors (Lipinski definition) is 3. The lowest BCUT2D eigenvalue weighted by molar-refractivity contribution is -0.120. The summed E-state index contributed by atoms with van der Waals surface area (Å²) >= 11 is 5.39. The van der Waals surface area contributed by atoms with Crippen LogP contribution >= 0.6 is 12.2 Å². The zero-order chi connectivity index (χ0) is 22.8. The molecule has 3 rings (SSSR count). The molecule has 0 aromatic heterocycles. The predicted molar refractivity (Wildman–Crippen MR) is 134 cm³/mol. The van der Waals surface area contributed by atoms with E-state index >= 15 is 0 Å². The van der Waals surface area contributed by atoms with Gasteiger partial charge in [0.15, 0.2) is 5.11 Å². The summed E-state index contributed by atoms with van der Waals surface area (Å²) in [6.07, 6.45) is 2.31. The van der Waals surface area contributed by atoms with Gasteiger partial charge in [0, 0.05) is 17.8 Å². The van der Waals surface area contributed by atoms with Gasteiger partial charge in [-0.3, -0.25) is 9.59 Å². The number of unbranched alkanes of at least 4 members (excludes halogenated alkanes) is 1. The third kappa shape index (κ3) is 6.75. The number of anilines is 2. The molecular weight excluding hydrogens is 418 g/mol. The molecule has 0 radical (unpaired) electrons. The number of carbonyl (C=O) groups is 2. The van der Waals surface area contributed by atoms with Gasteiger partial charge in [-0.05, 0) is 48.0 Å². The predicted octanol–water partition coefficient (Wildman–Crippen LogP) is 5.46. The summed E-state index contributed by atoms with van der Waals surface area (Å²) in [4.78, 5) is 25.1. The topological polar surface area (TPSA) is 70.2 Å². The van der Waals surface area contributed by atoms with E-state index in [1.54, 1.807) is 6.07 Å². The Labute approximate surface area is 194 Å². The Kier molecular flexibility index (Phi) is 8.52. The summed E-state index contributed by atoms with van der Waals surface area (Å²) < 4.78 is 0. The summed E-state index contributed by atoms with van der Waals surface area (Å²) in [5.41, 5.74) is 3.13. The molecule has 0 saturated heterocycles. The fourth-order valence-corrected chi connectivity index (χ4v) is 3.59. The van der Waals surface area contributed by atoms with Gasteiger partial charge in [-0.2, -0.15) is 0 Å². The minimum Gasteiger partial charge on any atom is -0.332 e. The molecule has 0 fully saturated rings. The van der Waals surface area contributed by atoms with Crippen molar-refractivity contribution in [2.45, 2.75) is 32.1 Å². The maximum Gasteiger partial charge on any atom is 0.238 e. The van der Waals surface area contributed by atoms with Crippen LogP contribution in [0.15, 0.2) is 84.9 Å². The van der Waals surface area contributed by atoms with Crippen LogP contribution in [-0.2, 0) is 9.59 Å². The summed E-state index contributed by atoms with van der Waals surface area (Å²) in [6, 6.07) is 26.5. The second-order valence-electron chi connectivity index (χ2n) is 7.43. The Morgan fingerprint density at radius 1 is 0.812 bits per heavy atom. The number of carbonyl (C=O) groups excluding carboxylic acids is 2. The first kappa shape index (κ1) is 23.2. The molecule has 0 unspecified atom stereocenters. The van der Waals surface area contributed by atoms with Gasteiger partial charge in [-0.25, -0.2) is 0 Å². The Morgan fingerprint density at radius 3 is 1.94 bits per heavy atom. The van der Waals surface area contributed by atoms with E-state index in [0.717, 1.165) is 24.0 Å². The van der Waals surface area contributed by atoms with Gasteiger partial charge in [-0.1, -0.05) is 80.1 Å². The SMILES string of the molecule is CCCCC(=O)Nc1cccc(NC(=S)NC(=O)C(c2ccccc2)c2ccccc2)c1. The van der Waals surface area contributed by atoms with Crippen LogP contribution < -0.4 is 16.0 Å².